The fraction of sp³-hybridized carbons (Fsp3) is 0.212. The van der Waals surface area contributed by atoms with Crippen molar-refractivity contribution in [2.24, 2.45) is 0 Å². The van der Waals surface area contributed by atoms with Crippen molar-refractivity contribution in [3.05, 3.63) is 141 Å². The van der Waals surface area contributed by atoms with Gasteiger partial charge in [0.15, 0.2) is 0 Å². The minimum atomic E-state index is -0.556. The third-order valence-corrected chi connectivity index (χ3v) is 6.99. The summed E-state index contributed by atoms with van der Waals surface area (Å²) >= 11 is -0.556. The average molecular weight is 561 g/mol. The molecule has 4 aromatic rings. The van der Waals surface area contributed by atoms with Crippen LogP contribution in [0.2, 0.25) is 0 Å². The van der Waals surface area contributed by atoms with Gasteiger partial charge in [-0.25, -0.2) is 0 Å². The molecule has 0 aromatic heterocycles. The molecule has 0 aliphatic heterocycles. The summed E-state index contributed by atoms with van der Waals surface area (Å²) in [5.41, 5.74) is 12.4. The molecule has 5 rings (SSSR count). The van der Waals surface area contributed by atoms with Crippen molar-refractivity contribution in [3.8, 4) is 0 Å². The summed E-state index contributed by atoms with van der Waals surface area (Å²) in [6.07, 6.45) is 2.37. The van der Waals surface area contributed by atoms with Crippen LogP contribution < -0.4 is 0 Å². The average Bonchev–Trinajstić information content (AvgIpc) is 3.27. The molecule has 0 radical (unpaired) electrons. The Labute approximate surface area is 238 Å². The van der Waals surface area contributed by atoms with E-state index in [1.807, 2.05) is 0 Å². The Morgan fingerprint density at radius 3 is 1.92 bits per heavy atom. The van der Waals surface area contributed by atoms with Crippen molar-refractivity contribution >= 4 is 35.9 Å². The Morgan fingerprint density at radius 1 is 0.730 bits per heavy atom. The number of aryl methyl sites for hydroxylation is 3. The van der Waals surface area contributed by atoms with Crippen LogP contribution in [0.4, 0.5) is 5.69 Å². The molecule has 188 valence electrons. The van der Waals surface area contributed by atoms with Crippen molar-refractivity contribution < 1.29 is 17.0 Å². The van der Waals surface area contributed by atoms with Crippen molar-refractivity contribution in [1.29, 1.82) is 0 Å². The molecular formula is C33H32Cl2NTi-. The van der Waals surface area contributed by atoms with Crippen molar-refractivity contribution in [1.82, 2.24) is 0 Å². The van der Waals surface area contributed by atoms with Gasteiger partial charge in [-0.1, -0.05) is 133 Å². The van der Waals surface area contributed by atoms with Gasteiger partial charge in [-0.05, 0) is 54.7 Å². The molecule has 37 heavy (non-hydrogen) atoms. The third-order valence-electron chi connectivity index (χ3n) is 6.99. The number of benzene rings is 4. The van der Waals surface area contributed by atoms with Gasteiger partial charge in [0, 0.05) is 5.92 Å². The number of halogens is 2. The van der Waals surface area contributed by atoms with E-state index in [-0.39, 0.29) is 11.5 Å². The molecular weight excluding hydrogens is 529 g/mol. The minimum absolute atomic E-state index is 0.185. The second-order valence-electron chi connectivity index (χ2n) is 10.1. The molecule has 1 aliphatic rings. The van der Waals surface area contributed by atoms with E-state index in [0.29, 0.717) is 0 Å². The van der Waals surface area contributed by atoms with Crippen molar-refractivity contribution in [3.63, 3.8) is 0 Å². The quantitative estimate of drug-likeness (QED) is 0.215. The zero-order valence-corrected chi connectivity index (χ0v) is 25.1. The van der Waals surface area contributed by atoms with Crippen LogP contribution in [-0.2, 0) is 22.6 Å². The van der Waals surface area contributed by atoms with Crippen LogP contribution in [0.1, 0.15) is 64.3 Å². The van der Waals surface area contributed by atoms with Gasteiger partial charge < -0.3 is 5.32 Å². The predicted octanol–water partition coefficient (Wildman–Crippen LogP) is 10.6. The van der Waals surface area contributed by atoms with Crippen LogP contribution in [0, 0.1) is 20.8 Å². The van der Waals surface area contributed by atoms with E-state index in [1.165, 1.54) is 50.1 Å². The number of fused-ring (bicyclic) bond motifs is 1. The van der Waals surface area contributed by atoms with E-state index in [1.54, 1.807) is 0 Å². The molecule has 4 aromatic carbocycles. The first-order chi connectivity index (χ1) is 17.8. The molecule has 0 bridgehead atoms. The van der Waals surface area contributed by atoms with Gasteiger partial charge >= 0.3 is 35.6 Å². The first-order valence-corrected chi connectivity index (χ1v) is 16.8. The summed E-state index contributed by atoms with van der Waals surface area (Å²) in [5.74, 6) is 0.185. The Kier molecular flexibility index (Phi) is 9.04. The van der Waals surface area contributed by atoms with Gasteiger partial charge in [0.25, 0.3) is 0 Å². The van der Waals surface area contributed by atoms with Crippen LogP contribution in [0.5, 0.6) is 0 Å². The zero-order valence-electron chi connectivity index (χ0n) is 22.0. The van der Waals surface area contributed by atoms with Gasteiger partial charge in [-0.3, -0.25) is 0 Å². The molecule has 4 heteroatoms. The van der Waals surface area contributed by atoms with E-state index >= 15 is 0 Å². The Morgan fingerprint density at radius 2 is 1.27 bits per heavy atom. The third kappa shape index (κ3) is 6.07. The predicted molar refractivity (Wildman–Crippen MR) is 157 cm³/mol. The van der Waals surface area contributed by atoms with E-state index in [9.17, 15) is 0 Å². The topological polar surface area (TPSA) is 14.1 Å². The molecule has 0 fully saturated rings. The molecule has 0 N–H and O–H groups in total. The SMILES string of the molecule is Cc1cc(C)c([N-]C(C)(C)c2ccccc2C2C(c3ccccc3)=Cc3ccccc32)c(C)c1.[Cl][Ti][Cl]. The van der Waals surface area contributed by atoms with Gasteiger partial charge in [0.2, 0.25) is 0 Å². The van der Waals surface area contributed by atoms with Gasteiger partial charge in [0.1, 0.15) is 0 Å². The Balaban J connectivity index is 0.00000102. The first kappa shape index (κ1) is 27.7. The van der Waals surface area contributed by atoms with E-state index in [0.717, 1.165) is 5.69 Å². The van der Waals surface area contributed by atoms with Crippen molar-refractivity contribution in [2.45, 2.75) is 46.1 Å². The molecule has 1 unspecified atom stereocenters. The Bertz CT molecular complexity index is 1390. The summed E-state index contributed by atoms with van der Waals surface area (Å²) in [6.45, 7) is 11.0. The summed E-state index contributed by atoms with van der Waals surface area (Å²) in [4.78, 5) is 0. The molecule has 0 amide bonds. The van der Waals surface area contributed by atoms with Crippen molar-refractivity contribution in [2.75, 3.05) is 0 Å². The zero-order chi connectivity index (χ0) is 26.6. The first-order valence-electron chi connectivity index (χ1n) is 12.5. The molecule has 1 nitrogen and oxygen atoms in total. The normalized spacial score (nSPS) is 14.2. The van der Waals surface area contributed by atoms with E-state index < -0.39 is 17.0 Å². The molecule has 0 spiro atoms. The summed E-state index contributed by atoms with van der Waals surface area (Å²) in [6, 6.07) is 32.9. The maximum atomic E-state index is 5.37. The second kappa shape index (κ2) is 12.1. The second-order valence-corrected chi connectivity index (χ2v) is 12.7. The molecule has 0 saturated carbocycles. The van der Waals surface area contributed by atoms with Gasteiger partial charge in [0.05, 0.1) is 0 Å². The standard InChI is InChI=1S/C33H32N.2ClH.Ti/c1-22-19-23(2)32(24(3)20-22)34-33(4,5)30-18-12-11-17-28(30)31-27-16-10-9-15-26(27)21-29(31)25-13-7-6-8-14-25;;;/h6-21,31H,1-5H3;2*1H;/q-1;;;+2/p-2. The molecule has 0 heterocycles. The Hall–Kier alpha value is -2.29. The molecule has 0 saturated heterocycles. The molecule has 1 atom stereocenters. The number of nitrogens with zero attached hydrogens (tertiary/aromatic N) is 1. The van der Waals surface area contributed by atoms with E-state index in [2.05, 4.69) is 132 Å². The number of hydrogen-bond acceptors (Lipinski definition) is 0. The van der Waals surface area contributed by atoms with Crippen LogP contribution >= 0.6 is 18.6 Å². The van der Waals surface area contributed by atoms with Crippen LogP contribution in [0.25, 0.3) is 17.0 Å². The van der Waals surface area contributed by atoms with Crippen LogP contribution in [0.15, 0.2) is 91.0 Å². The fourth-order valence-electron chi connectivity index (χ4n) is 5.53. The van der Waals surface area contributed by atoms with E-state index in [4.69, 9.17) is 23.9 Å². The molecule has 1 aliphatic carbocycles. The number of allylic oxidation sites excluding steroid dienone is 1. The number of rotatable bonds is 5. The van der Waals surface area contributed by atoms with Crippen LogP contribution in [0.3, 0.4) is 0 Å². The summed E-state index contributed by atoms with van der Waals surface area (Å²) < 4.78 is 0. The van der Waals surface area contributed by atoms with Gasteiger partial charge in [-0.15, -0.1) is 5.69 Å². The maximum absolute atomic E-state index is 5.37. The van der Waals surface area contributed by atoms with Gasteiger partial charge in [-0.2, -0.15) is 0 Å². The summed E-state index contributed by atoms with van der Waals surface area (Å²) in [7, 11) is 9.78. The monoisotopic (exact) mass is 560 g/mol. The fourth-order valence-corrected chi connectivity index (χ4v) is 5.53. The number of hydrogen-bond donors (Lipinski definition) is 0. The van der Waals surface area contributed by atoms with Crippen LogP contribution in [-0.4, -0.2) is 0 Å². The summed E-state index contributed by atoms with van der Waals surface area (Å²) in [5, 5.41) is 5.37.